The minimum Gasteiger partial charge on any atom is -0.399 e. The molecule has 2 rings (SSSR count). The third-order valence-electron chi connectivity index (χ3n) is 2.75. The summed E-state index contributed by atoms with van der Waals surface area (Å²) in [7, 11) is 0. The second kappa shape index (κ2) is 3.88. The molecule has 3 nitrogen and oxygen atoms in total. The van der Waals surface area contributed by atoms with Gasteiger partial charge < -0.3 is 16.8 Å². The molecule has 0 bridgehead atoms. The van der Waals surface area contributed by atoms with Crippen LogP contribution in [-0.2, 0) is 0 Å². The van der Waals surface area contributed by atoms with E-state index in [9.17, 15) is 0 Å². The van der Waals surface area contributed by atoms with Crippen LogP contribution in [0.5, 0.6) is 0 Å². The maximum absolute atomic E-state index is 5.84. The largest absolute Gasteiger partial charge is 0.399 e. The first-order chi connectivity index (χ1) is 6.74. The molecule has 2 atom stereocenters. The third-order valence-corrected chi connectivity index (χ3v) is 2.75. The van der Waals surface area contributed by atoms with Gasteiger partial charge in [-0.3, -0.25) is 0 Å². The van der Waals surface area contributed by atoms with Crippen LogP contribution in [0.2, 0.25) is 0 Å². The van der Waals surface area contributed by atoms with E-state index in [0.717, 1.165) is 24.2 Å². The van der Waals surface area contributed by atoms with E-state index in [4.69, 9.17) is 11.5 Å². The van der Waals surface area contributed by atoms with Crippen molar-refractivity contribution in [1.29, 1.82) is 0 Å². The fourth-order valence-electron chi connectivity index (χ4n) is 1.96. The van der Waals surface area contributed by atoms with E-state index in [1.165, 1.54) is 6.42 Å². The molecule has 0 saturated heterocycles. The third kappa shape index (κ3) is 2.17. The fourth-order valence-corrected chi connectivity index (χ4v) is 1.96. The van der Waals surface area contributed by atoms with Crippen LogP contribution in [0.15, 0.2) is 24.3 Å². The molecule has 1 aromatic carbocycles. The van der Waals surface area contributed by atoms with Crippen molar-refractivity contribution >= 4 is 11.4 Å². The highest BCUT2D eigenvalue weighted by Gasteiger charge is 2.20. The van der Waals surface area contributed by atoms with Crippen LogP contribution < -0.4 is 16.8 Å². The Morgan fingerprint density at radius 1 is 1.14 bits per heavy atom. The Morgan fingerprint density at radius 3 is 2.43 bits per heavy atom. The highest BCUT2D eigenvalue weighted by atomic mass is 14.9. The van der Waals surface area contributed by atoms with E-state index < -0.39 is 0 Å². The molecular formula is C11H17N3. The first kappa shape index (κ1) is 9.34. The first-order valence-electron chi connectivity index (χ1n) is 5.12. The lowest BCUT2D eigenvalue weighted by molar-refractivity contribution is 0.688. The molecule has 14 heavy (non-hydrogen) atoms. The van der Waals surface area contributed by atoms with Crippen LogP contribution in [0.3, 0.4) is 0 Å². The van der Waals surface area contributed by atoms with Crippen molar-refractivity contribution in [2.45, 2.75) is 31.3 Å². The summed E-state index contributed by atoms with van der Waals surface area (Å²) in [6.45, 7) is 0. The number of rotatable bonds is 2. The Labute approximate surface area is 84.5 Å². The van der Waals surface area contributed by atoms with Crippen LogP contribution in [0, 0.1) is 0 Å². The number of nitrogens with one attached hydrogen (secondary N) is 1. The standard InChI is InChI=1S/C11H17N3/c12-8-1-4-10(5-2-8)14-11-6-3-9(13)7-11/h1-2,4-5,9,11,14H,3,6-7,12-13H2. The molecule has 0 aromatic heterocycles. The van der Waals surface area contributed by atoms with Gasteiger partial charge in [0.15, 0.2) is 0 Å². The maximum Gasteiger partial charge on any atom is 0.0343 e. The van der Waals surface area contributed by atoms with E-state index in [1.807, 2.05) is 24.3 Å². The van der Waals surface area contributed by atoms with Crippen LogP contribution in [0.1, 0.15) is 19.3 Å². The van der Waals surface area contributed by atoms with Crippen LogP contribution >= 0.6 is 0 Å². The van der Waals surface area contributed by atoms with Gasteiger partial charge in [-0.05, 0) is 43.5 Å². The number of hydrogen-bond acceptors (Lipinski definition) is 3. The molecule has 0 spiro atoms. The van der Waals surface area contributed by atoms with Gasteiger partial charge in [0.05, 0.1) is 0 Å². The van der Waals surface area contributed by atoms with Gasteiger partial charge in [0, 0.05) is 23.5 Å². The monoisotopic (exact) mass is 191 g/mol. The normalized spacial score (nSPS) is 26.4. The van der Waals surface area contributed by atoms with E-state index >= 15 is 0 Å². The number of anilines is 2. The minimum absolute atomic E-state index is 0.376. The molecule has 1 aliphatic carbocycles. The van der Waals surface area contributed by atoms with Crippen molar-refractivity contribution in [3.8, 4) is 0 Å². The molecule has 0 heterocycles. The van der Waals surface area contributed by atoms with Crippen molar-refractivity contribution in [2.24, 2.45) is 5.73 Å². The Hall–Kier alpha value is -1.22. The van der Waals surface area contributed by atoms with Gasteiger partial charge in [0.1, 0.15) is 0 Å². The van der Waals surface area contributed by atoms with Crippen LogP contribution in [0.25, 0.3) is 0 Å². The molecule has 1 saturated carbocycles. The number of nitrogen functional groups attached to an aromatic ring is 1. The lowest BCUT2D eigenvalue weighted by atomic mass is 10.2. The lowest BCUT2D eigenvalue weighted by Crippen LogP contribution is -2.20. The van der Waals surface area contributed by atoms with Crippen molar-refractivity contribution in [3.05, 3.63) is 24.3 Å². The molecule has 3 heteroatoms. The van der Waals surface area contributed by atoms with Gasteiger partial charge in [0.2, 0.25) is 0 Å². The Kier molecular flexibility index (Phi) is 2.59. The molecule has 76 valence electrons. The van der Waals surface area contributed by atoms with Gasteiger partial charge >= 0.3 is 0 Å². The van der Waals surface area contributed by atoms with Crippen LogP contribution in [-0.4, -0.2) is 12.1 Å². The summed E-state index contributed by atoms with van der Waals surface area (Å²) in [5.41, 5.74) is 13.4. The second-order valence-electron chi connectivity index (χ2n) is 4.04. The Morgan fingerprint density at radius 2 is 1.86 bits per heavy atom. The Balaban J connectivity index is 1.94. The zero-order chi connectivity index (χ0) is 9.97. The lowest BCUT2D eigenvalue weighted by Gasteiger charge is -2.13. The predicted octanol–water partition coefficient (Wildman–Crippen LogP) is 1.56. The van der Waals surface area contributed by atoms with E-state index in [1.54, 1.807) is 0 Å². The topological polar surface area (TPSA) is 64.1 Å². The molecule has 1 aromatic rings. The van der Waals surface area contributed by atoms with Gasteiger partial charge in [-0.25, -0.2) is 0 Å². The Bertz CT molecular complexity index is 294. The summed E-state index contributed by atoms with van der Waals surface area (Å²) < 4.78 is 0. The maximum atomic E-state index is 5.84. The molecule has 1 fully saturated rings. The SMILES string of the molecule is Nc1ccc(NC2CCC(N)C2)cc1. The van der Waals surface area contributed by atoms with Crippen molar-refractivity contribution in [1.82, 2.24) is 0 Å². The second-order valence-corrected chi connectivity index (χ2v) is 4.04. The summed E-state index contributed by atoms with van der Waals surface area (Å²) in [5, 5.41) is 3.46. The molecule has 0 aliphatic heterocycles. The first-order valence-corrected chi connectivity index (χ1v) is 5.12. The van der Waals surface area contributed by atoms with E-state index in [0.29, 0.717) is 12.1 Å². The molecule has 2 unspecified atom stereocenters. The number of nitrogens with two attached hydrogens (primary N) is 2. The average molecular weight is 191 g/mol. The molecule has 0 amide bonds. The summed E-state index contributed by atoms with van der Waals surface area (Å²) in [4.78, 5) is 0. The van der Waals surface area contributed by atoms with Gasteiger partial charge in [-0.15, -0.1) is 0 Å². The fraction of sp³-hybridized carbons (Fsp3) is 0.455. The van der Waals surface area contributed by atoms with Gasteiger partial charge in [-0.1, -0.05) is 0 Å². The molecular weight excluding hydrogens is 174 g/mol. The smallest absolute Gasteiger partial charge is 0.0343 e. The minimum atomic E-state index is 0.376. The summed E-state index contributed by atoms with van der Waals surface area (Å²) >= 11 is 0. The van der Waals surface area contributed by atoms with Crippen molar-refractivity contribution in [3.63, 3.8) is 0 Å². The average Bonchev–Trinajstić information content (AvgIpc) is 2.56. The van der Waals surface area contributed by atoms with Gasteiger partial charge in [0.25, 0.3) is 0 Å². The quantitative estimate of drug-likeness (QED) is 0.622. The molecule has 0 radical (unpaired) electrons. The van der Waals surface area contributed by atoms with Crippen LogP contribution in [0.4, 0.5) is 11.4 Å². The highest BCUT2D eigenvalue weighted by molar-refractivity contribution is 5.51. The summed E-state index contributed by atoms with van der Waals surface area (Å²) in [6.07, 6.45) is 3.38. The van der Waals surface area contributed by atoms with E-state index in [-0.39, 0.29) is 0 Å². The molecule has 5 N–H and O–H groups in total. The molecule has 1 aliphatic rings. The van der Waals surface area contributed by atoms with Gasteiger partial charge in [-0.2, -0.15) is 0 Å². The summed E-state index contributed by atoms with van der Waals surface area (Å²) in [6, 6.07) is 8.77. The highest BCUT2D eigenvalue weighted by Crippen LogP contribution is 2.22. The van der Waals surface area contributed by atoms with Crippen molar-refractivity contribution in [2.75, 3.05) is 11.1 Å². The zero-order valence-electron chi connectivity index (χ0n) is 8.24. The van der Waals surface area contributed by atoms with Crippen molar-refractivity contribution < 1.29 is 0 Å². The number of benzene rings is 1. The number of hydrogen-bond donors (Lipinski definition) is 3. The summed E-state index contributed by atoms with van der Waals surface area (Å²) in [5.74, 6) is 0. The zero-order valence-corrected chi connectivity index (χ0v) is 8.24. The van der Waals surface area contributed by atoms with E-state index in [2.05, 4.69) is 5.32 Å². The predicted molar refractivity (Wildman–Crippen MR) is 60.1 cm³/mol.